The molecule has 1 aromatic rings. The van der Waals surface area contributed by atoms with Gasteiger partial charge in [-0.2, -0.15) is 0 Å². The molecule has 0 saturated heterocycles. The Bertz CT molecular complexity index is 456. The lowest BCUT2D eigenvalue weighted by Crippen LogP contribution is -2.43. The summed E-state index contributed by atoms with van der Waals surface area (Å²) in [6, 6.07) is 8.01. The maximum absolute atomic E-state index is 12.4. The van der Waals surface area contributed by atoms with E-state index in [4.69, 9.17) is 10.5 Å². The lowest BCUT2D eigenvalue weighted by atomic mass is 9.94. The number of nitrogens with zero attached hydrogens (tertiary/aromatic N) is 1. The highest BCUT2D eigenvalue weighted by molar-refractivity contribution is 5.78. The number of ether oxygens (including phenoxy) is 1. The van der Waals surface area contributed by atoms with Crippen LogP contribution in [0.4, 0.5) is 0 Å². The highest BCUT2D eigenvalue weighted by Crippen LogP contribution is 2.22. The zero-order valence-corrected chi connectivity index (χ0v) is 12.9. The predicted molar refractivity (Wildman–Crippen MR) is 84.1 cm³/mol. The van der Waals surface area contributed by atoms with Crippen LogP contribution in [0.25, 0.3) is 0 Å². The molecule has 1 amide bonds. The van der Waals surface area contributed by atoms with Crippen LogP contribution in [-0.4, -0.2) is 30.0 Å². The second kappa shape index (κ2) is 8.03. The summed E-state index contributed by atoms with van der Waals surface area (Å²) in [6.07, 6.45) is 6.01. The lowest BCUT2D eigenvalue weighted by Gasteiger charge is -2.33. The first-order valence-electron chi connectivity index (χ1n) is 7.96. The van der Waals surface area contributed by atoms with E-state index in [1.807, 2.05) is 36.1 Å². The van der Waals surface area contributed by atoms with E-state index in [0.717, 1.165) is 24.9 Å². The minimum absolute atomic E-state index is 0.0857. The largest absolute Gasteiger partial charge is 0.484 e. The molecule has 1 fully saturated rings. The third kappa shape index (κ3) is 4.46. The van der Waals surface area contributed by atoms with Gasteiger partial charge in [-0.15, -0.1) is 0 Å². The third-order valence-electron chi connectivity index (χ3n) is 4.17. The molecule has 0 radical (unpaired) electrons. The number of nitrogens with two attached hydrogens (primary N) is 1. The van der Waals surface area contributed by atoms with E-state index in [9.17, 15) is 4.79 Å². The molecule has 4 nitrogen and oxygen atoms in total. The smallest absolute Gasteiger partial charge is 0.260 e. The first-order valence-corrected chi connectivity index (χ1v) is 7.96. The summed E-state index contributed by atoms with van der Waals surface area (Å²) in [5.41, 5.74) is 6.62. The Kier molecular flexibility index (Phi) is 6.05. The number of carbonyl (C=O) groups is 1. The molecule has 0 heterocycles. The zero-order valence-electron chi connectivity index (χ0n) is 12.9. The lowest BCUT2D eigenvalue weighted by molar-refractivity contribution is -0.136. The molecule has 0 unspecified atom stereocenters. The molecule has 2 rings (SSSR count). The number of rotatable bonds is 6. The number of hydrogen-bond donors (Lipinski definition) is 1. The van der Waals surface area contributed by atoms with Gasteiger partial charge < -0.3 is 15.4 Å². The van der Waals surface area contributed by atoms with Crippen molar-refractivity contribution >= 4 is 5.91 Å². The summed E-state index contributed by atoms with van der Waals surface area (Å²) >= 11 is 0. The molecule has 21 heavy (non-hydrogen) atoms. The normalized spacial score (nSPS) is 15.7. The average Bonchev–Trinajstić information content (AvgIpc) is 2.55. The van der Waals surface area contributed by atoms with Crippen LogP contribution in [0, 0.1) is 0 Å². The Hall–Kier alpha value is -1.55. The van der Waals surface area contributed by atoms with E-state index in [1.54, 1.807) is 0 Å². The molecular formula is C17H26N2O2. The first-order chi connectivity index (χ1) is 10.2. The molecule has 0 aromatic heterocycles. The predicted octanol–water partition coefficient (Wildman–Crippen LogP) is 2.71. The van der Waals surface area contributed by atoms with Gasteiger partial charge in [-0.05, 0) is 37.5 Å². The molecule has 1 aromatic carbocycles. The van der Waals surface area contributed by atoms with E-state index >= 15 is 0 Å². The van der Waals surface area contributed by atoms with Gasteiger partial charge in [0.25, 0.3) is 5.91 Å². The van der Waals surface area contributed by atoms with Crippen molar-refractivity contribution in [3.05, 3.63) is 29.8 Å². The summed E-state index contributed by atoms with van der Waals surface area (Å²) < 4.78 is 5.64. The molecule has 2 N–H and O–H groups in total. The molecule has 1 aliphatic carbocycles. The molecule has 116 valence electrons. The molecule has 0 bridgehead atoms. The molecule has 1 saturated carbocycles. The molecule has 0 atom stereocenters. The quantitative estimate of drug-likeness (QED) is 0.876. The van der Waals surface area contributed by atoms with Crippen molar-refractivity contribution in [2.75, 3.05) is 13.2 Å². The van der Waals surface area contributed by atoms with Crippen LogP contribution < -0.4 is 10.5 Å². The van der Waals surface area contributed by atoms with Gasteiger partial charge in [0.1, 0.15) is 5.75 Å². The topological polar surface area (TPSA) is 55.6 Å². The van der Waals surface area contributed by atoms with Crippen LogP contribution in [0.15, 0.2) is 24.3 Å². The van der Waals surface area contributed by atoms with Crippen molar-refractivity contribution < 1.29 is 9.53 Å². The summed E-state index contributed by atoms with van der Waals surface area (Å²) in [7, 11) is 0. The van der Waals surface area contributed by atoms with Gasteiger partial charge in [0.2, 0.25) is 0 Å². The molecule has 0 spiro atoms. The standard InChI is InChI=1S/C17H26N2O2/c1-2-19(15-8-4-3-5-9-15)17(20)13-21-16-10-6-7-14(11-16)12-18/h6-7,10-11,15H,2-5,8-9,12-13,18H2,1H3. The SMILES string of the molecule is CCN(C(=O)COc1cccc(CN)c1)C1CCCCC1. The zero-order chi connectivity index (χ0) is 15.1. The van der Waals surface area contributed by atoms with Gasteiger partial charge in [-0.25, -0.2) is 0 Å². The van der Waals surface area contributed by atoms with Gasteiger partial charge in [0, 0.05) is 19.1 Å². The summed E-state index contributed by atoms with van der Waals surface area (Å²) in [6.45, 7) is 3.39. The second-order valence-corrected chi connectivity index (χ2v) is 5.61. The van der Waals surface area contributed by atoms with Gasteiger partial charge in [0.15, 0.2) is 6.61 Å². The number of benzene rings is 1. The Labute approximate surface area is 127 Å². The van der Waals surface area contributed by atoms with Crippen molar-refractivity contribution in [3.8, 4) is 5.75 Å². The molecule has 1 aliphatic rings. The Balaban J connectivity index is 1.89. The average molecular weight is 290 g/mol. The van der Waals surface area contributed by atoms with Crippen molar-refractivity contribution in [1.29, 1.82) is 0 Å². The van der Waals surface area contributed by atoms with Crippen LogP contribution >= 0.6 is 0 Å². The molecule has 0 aliphatic heterocycles. The number of carbonyl (C=O) groups excluding carboxylic acids is 1. The second-order valence-electron chi connectivity index (χ2n) is 5.61. The highest BCUT2D eigenvalue weighted by Gasteiger charge is 2.24. The van der Waals surface area contributed by atoms with Gasteiger partial charge in [-0.3, -0.25) is 4.79 Å². The van der Waals surface area contributed by atoms with E-state index in [2.05, 4.69) is 0 Å². The van der Waals surface area contributed by atoms with E-state index in [-0.39, 0.29) is 12.5 Å². The Morgan fingerprint density at radius 1 is 1.33 bits per heavy atom. The fourth-order valence-corrected chi connectivity index (χ4v) is 3.02. The number of amides is 1. The van der Waals surface area contributed by atoms with E-state index in [1.165, 1.54) is 19.3 Å². The third-order valence-corrected chi connectivity index (χ3v) is 4.17. The van der Waals surface area contributed by atoms with Crippen LogP contribution in [0.5, 0.6) is 5.75 Å². The Morgan fingerprint density at radius 2 is 2.10 bits per heavy atom. The van der Waals surface area contributed by atoms with Crippen LogP contribution in [-0.2, 0) is 11.3 Å². The van der Waals surface area contributed by atoms with Gasteiger partial charge in [-0.1, -0.05) is 31.4 Å². The van der Waals surface area contributed by atoms with Crippen molar-refractivity contribution in [2.45, 2.75) is 51.6 Å². The van der Waals surface area contributed by atoms with Crippen molar-refractivity contribution in [1.82, 2.24) is 4.90 Å². The maximum Gasteiger partial charge on any atom is 0.260 e. The van der Waals surface area contributed by atoms with Gasteiger partial charge >= 0.3 is 0 Å². The number of hydrogen-bond acceptors (Lipinski definition) is 3. The van der Waals surface area contributed by atoms with Crippen LogP contribution in [0.1, 0.15) is 44.6 Å². The summed E-state index contributed by atoms with van der Waals surface area (Å²) in [4.78, 5) is 14.4. The summed E-state index contributed by atoms with van der Waals surface area (Å²) in [5, 5.41) is 0. The van der Waals surface area contributed by atoms with Crippen LogP contribution in [0.3, 0.4) is 0 Å². The fraction of sp³-hybridized carbons (Fsp3) is 0.588. The minimum Gasteiger partial charge on any atom is -0.484 e. The maximum atomic E-state index is 12.4. The monoisotopic (exact) mass is 290 g/mol. The highest BCUT2D eigenvalue weighted by atomic mass is 16.5. The van der Waals surface area contributed by atoms with Crippen LogP contribution in [0.2, 0.25) is 0 Å². The van der Waals surface area contributed by atoms with Crippen molar-refractivity contribution in [2.24, 2.45) is 5.73 Å². The minimum atomic E-state index is 0.0857. The molecular weight excluding hydrogens is 264 g/mol. The Morgan fingerprint density at radius 3 is 2.76 bits per heavy atom. The number of likely N-dealkylation sites (N-methyl/N-ethyl adjacent to an activating group) is 1. The van der Waals surface area contributed by atoms with E-state index < -0.39 is 0 Å². The van der Waals surface area contributed by atoms with Crippen molar-refractivity contribution in [3.63, 3.8) is 0 Å². The van der Waals surface area contributed by atoms with E-state index in [0.29, 0.717) is 18.3 Å². The fourth-order valence-electron chi connectivity index (χ4n) is 3.02. The van der Waals surface area contributed by atoms with Gasteiger partial charge in [0.05, 0.1) is 0 Å². The summed E-state index contributed by atoms with van der Waals surface area (Å²) in [5.74, 6) is 0.800. The molecule has 4 heteroatoms. The first kappa shape index (κ1) is 15.8.